The van der Waals surface area contributed by atoms with Gasteiger partial charge in [-0.2, -0.15) is 0 Å². The molecule has 2 N–H and O–H groups in total. The van der Waals surface area contributed by atoms with E-state index in [4.69, 9.17) is 11.6 Å². The van der Waals surface area contributed by atoms with Gasteiger partial charge in [0.15, 0.2) is 0 Å². The Morgan fingerprint density at radius 1 is 1.04 bits per heavy atom. The van der Waals surface area contributed by atoms with Crippen molar-refractivity contribution in [2.45, 2.75) is 19.4 Å². The Balaban J connectivity index is 1.77. The van der Waals surface area contributed by atoms with Gasteiger partial charge < -0.3 is 10.6 Å². The maximum atomic E-state index is 12.7. The second-order valence-corrected chi connectivity index (χ2v) is 7.46. The monoisotopic (exact) mass is 398 g/mol. The number of thiophene rings is 1. The molecule has 27 heavy (non-hydrogen) atoms. The number of halogens is 1. The molecule has 0 aliphatic carbocycles. The van der Waals surface area contributed by atoms with Crippen LogP contribution >= 0.6 is 22.9 Å². The fourth-order valence-corrected chi connectivity index (χ4v) is 3.71. The van der Waals surface area contributed by atoms with Crippen molar-refractivity contribution >= 4 is 40.4 Å². The Hall–Kier alpha value is -2.63. The number of carbonyl (C=O) groups is 2. The second kappa shape index (κ2) is 8.84. The van der Waals surface area contributed by atoms with Gasteiger partial charge in [-0.05, 0) is 35.2 Å². The standard InChI is InChI=1S/C21H19ClN2O2S/c1-14(25)23-19(15-8-10-16(22)11-9-15)13-21(26)24-18-6-3-2-5-17(18)20-7-4-12-27-20/h2-12,19H,13H2,1H3,(H,23,25)(H,24,26). The summed E-state index contributed by atoms with van der Waals surface area (Å²) >= 11 is 7.55. The highest BCUT2D eigenvalue weighted by molar-refractivity contribution is 7.13. The van der Waals surface area contributed by atoms with E-state index in [9.17, 15) is 9.59 Å². The Morgan fingerprint density at radius 2 is 1.78 bits per heavy atom. The zero-order chi connectivity index (χ0) is 19.2. The number of nitrogens with one attached hydrogen (secondary N) is 2. The molecule has 0 saturated heterocycles. The number of benzene rings is 2. The molecule has 0 aliphatic rings. The summed E-state index contributed by atoms with van der Waals surface area (Å²) in [5.74, 6) is -0.366. The van der Waals surface area contributed by atoms with E-state index in [1.54, 1.807) is 23.5 Å². The van der Waals surface area contributed by atoms with E-state index >= 15 is 0 Å². The predicted molar refractivity (Wildman–Crippen MR) is 111 cm³/mol. The molecule has 2 amide bonds. The van der Waals surface area contributed by atoms with Crippen molar-refractivity contribution in [3.05, 3.63) is 76.6 Å². The minimum atomic E-state index is -0.423. The fourth-order valence-electron chi connectivity index (χ4n) is 2.82. The Labute approximate surface area is 167 Å². The van der Waals surface area contributed by atoms with Crippen LogP contribution in [0.5, 0.6) is 0 Å². The molecule has 0 radical (unpaired) electrons. The molecule has 4 nitrogen and oxygen atoms in total. The number of para-hydroxylation sites is 1. The molecule has 6 heteroatoms. The van der Waals surface area contributed by atoms with Crippen LogP contribution in [0.25, 0.3) is 10.4 Å². The van der Waals surface area contributed by atoms with Crippen LogP contribution in [-0.2, 0) is 9.59 Å². The summed E-state index contributed by atoms with van der Waals surface area (Å²) in [6, 6.07) is 18.4. The molecule has 0 fully saturated rings. The topological polar surface area (TPSA) is 58.2 Å². The van der Waals surface area contributed by atoms with Gasteiger partial charge in [-0.25, -0.2) is 0 Å². The Morgan fingerprint density at radius 3 is 2.44 bits per heavy atom. The molecule has 1 unspecified atom stereocenters. The van der Waals surface area contributed by atoms with Gasteiger partial charge in [-0.3, -0.25) is 9.59 Å². The third-order valence-electron chi connectivity index (χ3n) is 4.03. The van der Waals surface area contributed by atoms with Gasteiger partial charge in [-0.1, -0.05) is 48.0 Å². The van der Waals surface area contributed by atoms with Gasteiger partial charge in [0.2, 0.25) is 11.8 Å². The van der Waals surface area contributed by atoms with Crippen molar-refractivity contribution < 1.29 is 9.59 Å². The second-order valence-electron chi connectivity index (χ2n) is 6.08. The fraction of sp³-hybridized carbons (Fsp3) is 0.143. The SMILES string of the molecule is CC(=O)NC(CC(=O)Nc1ccccc1-c1cccs1)c1ccc(Cl)cc1. The van der Waals surface area contributed by atoms with Gasteiger partial charge >= 0.3 is 0 Å². The molecular weight excluding hydrogens is 380 g/mol. The zero-order valence-electron chi connectivity index (χ0n) is 14.7. The minimum Gasteiger partial charge on any atom is -0.349 e. The molecular formula is C21H19ClN2O2S. The van der Waals surface area contributed by atoms with E-state index in [2.05, 4.69) is 10.6 Å². The lowest BCUT2D eigenvalue weighted by Gasteiger charge is -2.19. The molecule has 0 bridgehead atoms. The molecule has 1 atom stereocenters. The summed E-state index contributed by atoms with van der Waals surface area (Å²) in [7, 11) is 0. The summed E-state index contributed by atoms with van der Waals surface area (Å²) < 4.78 is 0. The number of hydrogen-bond acceptors (Lipinski definition) is 3. The average molecular weight is 399 g/mol. The van der Waals surface area contributed by atoms with Crippen LogP contribution in [0, 0.1) is 0 Å². The molecule has 1 aromatic heterocycles. The average Bonchev–Trinajstić information content (AvgIpc) is 3.16. The molecule has 0 spiro atoms. The van der Waals surface area contributed by atoms with E-state index in [0.717, 1.165) is 21.7 Å². The lowest BCUT2D eigenvalue weighted by Crippen LogP contribution is -2.29. The van der Waals surface area contributed by atoms with E-state index in [1.807, 2.05) is 53.9 Å². The minimum absolute atomic E-state index is 0.125. The first kappa shape index (κ1) is 19.1. The zero-order valence-corrected chi connectivity index (χ0v) is 16.3. The van der Waals surface area contributed by atoms with E-state index in [1.165, 1.54) is 6.92 Å². The molecule has 1 heterocycles. The van der Waals surface area contributed by atoms with Crippen LogP contribution in [0.2, 0.25) is 5.02 Å². The van der Waals surface area contributed by atoms with Gasteiger partial charge in [0.05, 0.1) is 12.5 Å². The van der Waals surface area contributed by atoms with Crippen LogP contribution < -0.4 is 10.6 Å². The number of carbonyl (C=O) groups excluding carboxylic acids is 2. The van der Waals surface area contributed by atoms with Crippen molar-refractivity contribution in [1.82, 2.24) is 5.32 Å². The van der Waals surface area contributed by atoms with Gasteiger partial charge in [0.1, 0.15) is 0 Å². The molecule has 138 valence electrons. The van der Waals surface area contributed by atoms with Crippen molar-refractivity contribution in [3.8, 4) is 10.4 Å². The van der Waals surface area contributed by atoms with Gasteiger partial charge in [-0.15, -0.1) is 11.3 Å². The highest BCUT2D eigenvalue weighted by Crippen LogP contribution is 2.31. The third-order valence-corrected chi connectivity index (χ3v) is 5.18. The summed E-state index contributed by atoms with van der Waals surface area (Å²) in [6.45, 7) is 1.44. The number of anilines is 1. The molecule has 2 aromatic carbocycles. The van der Waals surface area contributed by atoms with Crippen LogP contribution in [0.1, 0.15) is 24.9 Å². The van der Waals surface area contributed by atoms with Crippen molar-refractivity contribution in [3.63, 3.8) is 0 Å². The molecule has 0 aliphatic heterocycles. The van der Waals surface area contributed by atoms with Crippen molar-refractivity contribution in [1.29, 1.82) is 0 Å². The summed E-state index contributed by atoms with van der Waals surface area (Å²) in [4.78, 5) is 25.3. The highest BCUT2D eigenvalue weighted by Gasteiger charge is 2.18. The van der Waals surface area contributed by atoms with Crippen LogP contribution in [-0.4, -0.2) is 11.8 Å². The summed E-state index contributed by atoms with van der Waals surface area (Å²) in [5, 5.41) is 8.42. The predicted octanol–water partition coefficient (Wildman–Crippen LogP) is 5.27. The summed E-state index contributed by atoms with van der Waals surface area (Å²) in [5.41, 5.74) is 2.56. The van der Waals surface area contributed by atoms with Crippen molar-refractivity contribution in [2.24, 2.45) is 0 Å². The third kappa shape index (κ3) is 5.18. The molecule has 0 saturated carbocycles. The van der Waals surface area contributed by atoms with Crippen molar-refractivity contribution in [2.75, 3.05) is 5.32 Å². The van der Waals surface area contributed by atoms with E-state index < -0.39 is 6.04 Å². The molecule has 3 rings (SSSR count). The van der Waals surface area contributed by atoms with Crippen LogP contribution in [0.15, 0.2) is 66.0 Å². The first-order chi connectivity index (χ1) is 13.0. The van der Waals surface area contributed by atoms with E-state index in [-0.39, 0.29) is 18.2 Å². The van der Waals surface area contributed by atoms with Gasteiger partial charge in [0, 0.05) is 28.1 Å². The number of hydrogen-bond donors (Lipinski definition) is 2. The quantitative estimate of drug-likeness (QED) is 0.593. The highest BCUT2D eigenvalue weighted by atomic mass is 35.5. The summed E-state index contributed by atoms with van der Waals surface area (Å²) in [6.07, 6.45) is 0.125. The van der Waals surface area contributed by atoms with Gasteiger partial charge in [0.25, 0.3) is 0 Å². The maximum Gasteiger partial charge on any atom is 0.226 e. The maximum absolute atomic E-state index is 12.7. The largest absolute Gasteiger partial charge is 0.349 e. The lowest BCUT2D eigenvalue weighted by atomic mass is 10.0. The Kier molecular flexibility index (Phi) is 6.27. The number of amides is 2. The smallest absolute Gasteiger partial charge is 0.226 e. The first-order valence-corrected chi connectivity index (χ1v) is 9.74. The Bertz CT molecular complexity index is 924. The van der Waals surface area contributed by atoms with E-state index in [0.29, 0.717) is 5.02 Å². The normalized spacial score (nSPS) is 11.6. The van der Waals surface area contributed by atoms with Crippen LogP contribution in [0.3, 0.4) is 0 Å². The molecule has 3 aromatic rings. The first-order valence-electron chi connectivity index (χ1n) is 8.48. The van der Waals surface area contributed by atoms with Crippen LogP contribution in [0.4, 0.5) is 5.69 Å². The lowest BCUT2D eigenvalue weighted by molar-refractivity contribution is -0.120. The number of rotatable bonds is 6.